The van der Waals surface area contributed by atoms with Crippen LogP contribution in [0.15, 0.2) is 76.7 Å². The minimum absolute atomic E-state index is 0.0170. The van der Waals surface area contributed by atoms with Gasteiger partial charge in [0.1, 0.15) is 5.75 Å². The standard InChI is InChI=1S/C22H15Cl2N3O3S/c23-17-8-6-13(10-18(17)24)25-20(29)12-31-22-26-19-9-7-15(28)11-16(19)21(30)27(22)14-4-2-1-3-5-14/h1-11,28H,12H2,(H,25,29). The molecule has 0 bridgehead atoms. The van der Waals surface area contributed by atoms with Crippen molar-refractivity contribution in [3.63, 3.8) is 0 Å². The topological polar surface area (TPSA) is 84.2 Å². The van der Waals surface area contributed by atoms with Crippen LogP contribution in [0.5, 0.6) is 5.75 Å². The van der Waals surface area contributed by atoms with Crippen LogP contribution < -0.4 is 10.9 Å². The number of phenols is 1. The average molecular weight is 472 g/mol. The summed E-state index contributed by atoms with van der Waals surface area (Å²) in [5, 5.41) is 13.9. The number of thioether (sulfide) groups is 1. The number of nitrogens with zero attached hydrogens (tertiary/aromatic N) is 2. The van der Waals surface area contributed by atoms with Crippen molar-refractivity contribution in [1.29, 1.82) is 0 Å². The van der Waals surface area contributed by atoms with E-state index in [2.05, 4.69) is 10.3 Å². The lowest BCUT2D eigenvalue weighted by Crippen LogP contribution is -2.23. The van der Waals surface area contributed by atoms with Gasteiger partial charge in [0.05, 0.1) is 32.4 Å². The van der Waals surface area contributed by atoms with Gasteiger partial charge in [-0.3, -0.25) is 14.2 Å². The zero-order valence-electron chi connectivity index (χ0n) is 15.9. The highest BCUT2D eigenvalue weighted by molar-refractivity contribution is 7.99. The van der Waals surface area contributed by atoms with Gasteiger partial charge in [0.25, 0.3) is 5.56 Å². The van der Waals surface area contributed by atoms with E-state index in [0.29, 0.717) is 32.1 Å². The third kappa shape index (κ3) is 4.69. The number of anilines is 1. The molecule has 156 valence electrons. The summed E-state index contributed by atoms with van der Waals surface area (Å²) < 4.78 is 1.43. The van der Waals surface area contributed by atoms with Crippen molar-refractivity contribution in [3.05, 3.63) is 87.1 Å². The number of aromatic nitrogens is 2. The quantitative estimate of drug-likeness (QED) is 0.311. The Bertz CT molecular complexity index is 1340. The van der Waals surface area contributed by atoms with Crippen LogP contribution in [0, 0.1) is 0 Å². The van der Waals surface area contributed by atoms with Gasteiger partial charge in [-0.15, -0.1) is 0 Å². The van der Waals surface area contributed by atoms with Crippen molar-refractivity contribution >= 4 is 57.5 Å². The summed E-state index contributed by atoms with van der Waals surface area (Å²) >= 11 is 13.0. The first-order valence-electron chi connectivity index (χ1n) is 9.11. The first kappa shape index (κ1) is 21.2. The molecule has 4 aromatic rings. The van der Waals surface area contributed by atoms with E-state index in [1.807, 2.05) is 6.07 Å². The Kier molecular flexibility index (Phi) is 6.18. The van der Waals surface area contributed by atoms with E-state index in [0.717, 1.165) is 11.8 Å². The second kappa shape index (κ2) is 9.01. The summed E-state index contributed by atoms with van der Waals surface area (Å²) in [5.74, 6) is -0.293. The molecule has 0 unspecified atom stereocenters. The van der Waals surface area contributed by atoms with E-state index in [9.17, 15) is 14.7 Å². The summed E-state index contributed by atoms with van der Waals surface area (Å²) in [6.45, 7) is 0. The van der Waals surface area contributed by atoms with Crippen molar-refractivity contribution in [1.82, 2.24) is 9.55 Å². The Morgan fingerprint density at radius 1 is 1.03 bits per heavy atom. The summed E-state index contributed by atoms with van der Waals surface area (Å²) in [6, 6.07) is 18.2. The molecule has 3 aromatic carbocycles. The van der Waals surface area contributed by atoms with Gasteiger partial charge >= 0.3 is 0 Å². The van der Waals surface area contributed by atoms with Gasteiger partial charge in [-0.1, -0.05) is 53.2 Å². The van der Waals surface area contributed by atoms with Crippen molar-refractivity contribution in [2.75, 3.05) is 11.1 Å². The van der Waals surface area contributed by atoms with Crippen LogP contribution in [0.2, 0.25) is 10.0 Å². The Labute approximate surface area is 191 Å². The molecule has 0 saturated heterocycles. The predicted octanol–water partition coefficient (Wildman–Crippen LogP) is 5.13. The molecule has 0 atom stereocenters. The number of phenolic OH excluding ortho intramolecular Hbond substituents is 1. The van der Waals surface area contributed by atoms with Crippen molar-refractivity contribution in [3.8, 4) is 11.4 Å². The number of rotatable bonds is 5. The molecule has 2 N–H and O–H groups in total. The molecule has 0 spiro atoms. The summed E-state index contributed by atoms with van der Waals surface area (Å²) in [4.78, 5) is 30.2. The van der Waals surface area contributed by atoms with Crippen LogP contribution in [0.25, 0.3) is 16.6 Å². The number of amides is 1. The lowest BCUT2D eigenvalue weighted by atomic mass is 10.2. The highest BCUT2D eigenvalue weighted by Gasteiger charge is 2.15. The molecule has 0 aliphatic carbocycles. The minimum atomic E-state index is -0.334. The fourth-order valence-corrected chi connectivity index (χ4v) is 4.07. The number of hydrogen-bond donors (Lipinski definition) is 2. The van der Waals surface area contributed by atoms with Crippen molar-refractivity contribution < 1.29 is 9.90 Å². The van der Waals surface area contributed by atoms with Gasteiger partial charge in [-0.2, -0.15) is 0 Å². The number of halogens is 2. The monoisotopic (exact) mass is 471 g/mol. The maximum absolute atomic E-state index is 13.2. The SMILES string of the molecule is O=C(CSc1nc2ccc(O)cc2c(=O)n1-c1ccccc1)Nc1ccc(Cl)c(Cl)c1. The largest absolute Gasteiger partial charge is 0.508 e. The van der Waals surface area contributed by atoms with E-state index in [-0.39, 0.29) is 28.4 Å². The smallest absolute Gasteiger partial charge is 0.266 e. The molecule has 0 saturated carbocycles. The number of fused-ring (bicyclic) bond motifs is 1. The summed E-state index contributed by atoms with van der Waals surface area (Å²) in [7, 11) is 0. The Balaban J connectivity index is 1.66. The van der Waals surface area contributed by atoms with Crippen LogP contribution in [-0.4, -0.2) is 26.3 Å². The van der Waals surface area contributed by atoms with E-state index in [1.54, 1.807) is 48.5 Å². The third-order valence-corrected chi connectivity index (χ3v) is 6.05. The van der Waals surface area contributed by atoms with E-state index < -0.39 is 0 Å². The van der Waals surface area contributed by atoms with Crippen LogP contribution in [0.4, 0.5) is 5.69 Å². The molecule has 4 rings (SSSR count). The highest BCUT2D eigenvalue weighted by Crippen LogP contribution is 2.26. The molecule has 0 radical (unpaired) electrons. The Morgan fingerprint density at radius 2 is 1.81 bits per heavy atom. The molecule has 9 heteroatoms. The maximum atomic E-state index is 13.2. The van der Waals surface area contributed by atoms with E-state index in [1.165, 1.54) is 16.7 Å². The predicted molar refractivity (Wildman–Crippen MR) is 125 cm³/mol. The van der Waals surface area contributed by atoms with Crippen LogP contribution in [-0.2, 0) is 4.79 Å². The van der Waals surface area contributed by atoms with Crippen molar-refractivity contribution in [2.45, 2.75) is 5.16 Å². The van der Waals surface area contributed by atoms with Crippen molar-refractivity contribution in [2.24, 2.45) is 0 Å². The first-order valence-corrected chi connectivity index (χ1v) is 10.9. The minimum Gasteiger partial charge on any atom is -0.508 e. The van der Waals surface area contributed by atoms with Gasteiger partial charge in [-0.05, 0) is 48.5 Å². The number of carbonyl (C=O) groups excluding carboxylic acids is 1. The highest BCUT2D eigenvalue weighted by atomic mass is 35.5. The molecular formula is C22H15Cl2N3O3S. The van der Waals surface area contributed by atoms with Crippen LogP contribution in [0.1, 0.15) is 0 Å². The van der Waals surface area contributed by atoms with Gasteiger partial charge in [0.15, 0.2) is 5.16 Å². The zero-order chi connectivity index (χ0) is 22.0. The number of nitrogens with one attached hydrogen (secondary N) is 1. The molecule has 0 aliphatic rings. The molecule has 1 aromatic heterocycles. The lowest BCUT2D eigenvalue weighted by Gasteiger charge is -2.13. The molecule has 1 heterocycles. The molecule has 31 heavy (non-hydrogen) atoms. The molecule has 6 nitrogen and oxygen atoms in total. The van der Waals surface area contributed by atoms with Crippen LogP contribution in [0.3, 0.4) is 0 Å². The maximum Gasteiger partial charge on any atom is 0.266 e. The third-order valence-electron chi connectivity index (χ3n) is 4.37. The average Bonchev–Trinajstić information content (AvgIpc) is 2.76. The Hall–Kier alpha value is -3.00. The Morgan fingerprint density at radius 3 is 2.55 bits per heavy atom. The lowest BCUT2D eigenvalue weighted by molar-refractivity contribution is -0.113. The zero-order valence-corrected chi connectivity index (χ0v) is 18.2. The number of hydrogen-bond acceptors (Lipinski definition) is 5. The van der Waals surface area contributed by atoms with Gasteiger partial charge < -0.3 is 10.4 Å². The summed E-state index contributed by atoms with van der Waals surface area (Å²) in [6.07, 6.45) is 0. The second-order valence-corrected chi connectivity index (χ2v) is 8.29. The molecule has 0 aliphatic heterocycles. The van der Waals surface area contributed by atoms with E-state index >= 15 is 0 Å². The summed E-state index contributed by atoms with van der Waals surface area (Å²) in [5.41, 5.74) is 1.22. The van der Waals surface area contributed by atoms with Crippen LogP contribution >= 0.6 is 35.0 Å². The number of carbonyl (C=O) groups is 1. The molecular weight excluding hydrogens is 457 g/mol. The van der Waals surface area contributed by atoms with Gasteiger partial charge in [0.2, 0.25) is 5.91 Å². The molecule has 0 fully saturated rings. The first-order chi connectivity index (χ1) is 14.9. The van der Waals surface area contributed by atoms with E-state index in [4.69, 9.17) is 23.2 Å². The second-order valence-electron chi connectivity index (χ2n) is 6.54. The fourth-order valence-electron chi connectivity index (χ4n) is 2.96. The van der Waals surface area contributed by atoms with Gasteiger partial charge in [-0.25, -0.2) is 4.98 Å². The number of para-hydroxylation sites is 1. The van der Waals surface area contributed by atoms with Gasteiger partial charge in [0, 0.05) is 5.69 Å². The number of aromatic hydroxyl groups is 1. The number of benzene rings is 3. The normalized spacial score (nSPS) is 10.9. The fraction of sp³-hybridized carbons (Fsp3) is 0.0455. The molecule has 1 amide bonds.